The van der Waals surface area contributed by atoms with Gasteiger partial charge in [-0.3, -0.25) is 0 Å². The van der Waals surface area contributed by atoms with Gasteiger partial charge in [0, 0.05) is 26.5 Å². The SMILES string of the molecule is CCn1c(SCC2CC(OC)CC(OC)C2)nnc1-c1ccccc1O. The normalized spacial score (nSPS) is 23.3. The van der Waals surface area contributed by atoms with Gasteiger partial charge in [0.15, 0.2) is 11.0 Å². The highest BCUT2D eigenvalue weighted by Gasteiger charge is 2.29. The number of aromatic hydroxyl groups is 1. The highest BCUT2D eigenvalue weighted by atomic mass is 32.2. The highest BCUT2D eigenvalue weighted by molar-refractivity contribution is 7.99. The van der Waals surface area contributed by atoms with Crippen LogP contribution in [0.3, 0.4) is 0 Å². The lowest BCUT2D eigenvalue weighted by molar-refractivity contribution is -0.0256. The summed E-state index contributed by atoms with van der Waals surface area (Å²) in [7, 11) is 3.55. The molecule has 1 N–H and O–H groups in total. The van der Waals surface area contributed by atoms with Crippen LogP contribution in [0.1, 0.15) is 26.2 Å². The third kappa shape index (κ3) is 4.22. The van der Waals surface area contributed by atoms with E-state index in [0.29, 0.717) is 17.3 Å². The molecular weight excluding hydrogens is 350 g/mol. The summed E-state index contributed by atoms with van der Waals surface area (Å²) in [6.45, 7) is 2.82. The van der Waals surface area contributed by atoms with Gasteiger partial charge in [-0.1, -0.05) is 23.9 Å². The van der Waals surface area contributed by atoms with E-state index in [2.05, 4.69) is 21.7 Å². The molecule has 6 nitrogen and oxygen atoms in total. The van der Waals surface area contributed by atoms with E-state index in [1.54, 1.807) is 32.0 Å². The van der Waals surface area contributed by atoms with Gasteiger partial charge in [-0.25, -0.2) is 0 Å². The van der Waals surface area contributed by atoms with E-state index in [1.165, 1.54) is 0 Å². The van der Waals surface area contributed by atoms with Crippen LogP contribution < -0.4 is 0 Å². The zero-order valence-corrected chi connectivity index (χ0v) is 16.4. The molecular formula is C19H27N3O3S. The van der Waals surface area contributed by atoms with Crippen molar-refractivity contribution in [1.29, 1.82) is 0 Å². The summed E-state index contributed by atoms with van der Waals surface area (Å²) in [4.78, 5) is 0. The van der Waals surface area contributed by atoms with Gasteiger partial charge < -0.3 is 19.1 Å². The van der Waals surface area contributed by atoms with Crippen LogP contribution in [0.15, 0.2) is 29.4 Å². The van der Waals surface area contributed by atoms with Crippen molar-refractivity contribution in [3.63, 3.8) is 0 Å². The average Bonchev–Trinajstić information content (AvgIpc) is 3.09. The molecule has 7 heteroatoms. The van der Waals surface area contributed by atoms with Crippen LogP contribution in [0.4, 0.5) is 0 Å². The Morgan fingerprint density at radius 2 is 1.81 bits per heavy atom. The van der Waals surface area contributed by atoms with E-state index >= 15 is 0 Å². The first-order chi connectivity index (χ1) is 12.7. The lowest BCUT2D eigenvalue weighted by atomic mass is 9.86. The number of hydrogen-bond donors (Lipinski definition) is 1. The van der Waals surface area contributed by atoms with Gasteiger partial charge in [-0.2, -0.15) is 0 Å². The van der Waals surface area contributed by atoms with Crippen molar-refractivity contribution in [3.8, 4) is 17.1 Å². The zero-order valence-electron chi connectivity index (χ0n) is 15.6. The van der Waals surface area contributed by atoms with E-state index < -0.39 is 0 Å². The number of nitrogens with zero attached hydrogens (tertiary/aromatic N) is 3. The van der Waals surface area contributed by atoms with E-state index in [9.17, 15) is 5.11 Å². The first-order valence-corrected chi connectivity index (χ1v) is 10.0. The number of ether oxygens (including phenoxy) is 2. The molecule has 0 radical (unpaired) electrons. The smallest absolute Gasteiger partial charge is 0.191 e. The Bertz CT molecular complexity index is 710. The number of phenolic OH excluding ortho intramolecular Hbond substituents is 1. The second kappa shape index (κ2) is 8.88. The van der Waals surface area contributed by atoms with Gasteiger partial charge in [-0.05, 0) is 44.2 Å². The lowest BCUT2D eigenvalue weighted by Gasteiger charge is -2.33. The Hall–Kier alpha value is -1.57. The number of rotatable bonds is 7. The van der Waals surface area contributed by atoms with Gasteiger partial charge in [0.2, 0.25) is 0 Å². The van der Waals surface area contributed by atoms with Gasteiger partial charge in [-0.15, -0.1) is 10.2 Å². The van der Waals surface area contributed by atoms with Gasteiger partial charge in [0.05, 0.1) is 17.8 Å². The maximum absolute atomic E-state index is 10.1. The van der Waals surface area contributed by atoms with E-state index in [4.69, 9.17) is 9.47 Å². The molecule has 0 amide bonds. The van der Waals surface area contributed by atoms with E-state index in [-0.39, 0.29) is 18.0 Å². The Morgan fingerprint density at radius 1 is 1.12 bits per heavy atom. The number of phenols is 1. The molecule has 0 saturated heterocycles. The number of para-hydroxylation sites is 1. The number of methoxy groups -OCH3 is 2. The van der Waals surface area contributed by atoms with Gasteiger partial charge in [0.25, 0.3) is 0 Å². The topological polar surface area (TPSA) is 69.4 Å². The molecule has 1 aliphatic rings. The van der Waals surface area contributed by atoms with Crippen LogP contribution in [-0.4, -0.2) is 52.1 Å². The van der Waals surface area contributed by atoms with Gasteiger partial charge in [0.1, 0.15) is 5.75 Å². The molecule has 1 heterocycles. The molecule has 1 aromatic carbocycles. The third-order valence-electron chi connectivity index (χ3n) is 5.01. The fourth-order valence-corrected chi connectivity index (χ4v) is 4.71. The van der Waals surface area contributed by atoms with Crippen molar-refractivity contribution in [2.75, 3.05) is 20.0 Å². The maximum Gasteiger partial charge on any atom is 0.191 e. The second-order valence-corrected chi connectivity index (χ2v) is 7.65. The predicted molar refractivity (Wildman–Crippen MR) is 102 cm³/mol. The molecule has 142 valence electrons. The minimum absolute atomic E-state index is 0.226. The van der Waals surface area contributed by atoms with E-state index in [1.807, 2.05) is 18.2 Å². The molecule has 1 saturated carbocycles. The predicted octanol–water partition coefficient (Wildman–Crippen LogP) is 3.59. The summed E-state index contributed by atoms with van der Waals surface area (Å²) in [6.07, 6.45) is 3.60. The van der Waals surface area contributed by atoms with Crippen LogP contribution in [0, 0.1) is 5.92 Å². The quantitative estimate of drug-likeness (QED) is 0.744. The molecule has 26 heavy (non-hydrogen) atoms. The van der Waals surface area contributed by atoms with Crippen LogP contribution in [0.25, 0.3) is 11.4 Å². The maximum atomic E-state index is 10.1. The molecule has 0 spiro atoms. The number of aromatic nitrogens is 3. The van der Waals surface area contributed by atoms with Crippen molar-refractivity contribution in [2.45, 2.75) is 50.1 Å². The molecule has 3 rings (SSSR count). The Labute approximate surface area is 158 Å². The summed E-state index contributed by atoms with van der Waals surface area (Å²) >= 11 is 1.72. The number of benzene rings is 1. The second-order valence-electron chi connectivity index (χ2n) is 6.67. The standard InChI is InChI=1S/C19H27N3O3S/c1-4-22-18(16-7-5-6-8-17(16)23)20-21-19(22)26-12-13-9-14(24-2)11-15(10-13)25-3/h5-8,13-15,23H,4,9-12H2,1-3H3. The number of hydrogen-bond acceptors (Lipinski definition) is 6. The van der Waals surface area contributed by atoms with Crippen molar-refractivity contribution in [2.24, 2.45) is 5.92 Å². The molecule has 2 unspecified atom stereocenters. The first-order valence-electron chi connectivity index (χ1n) is 9.06. The summed E-state index contributed by atoms with van der Waals surface area (Å²) in [5.74, 6) is 2.42. The van der Waals surface area contributed by atoms with Crippen molar-refractivity contribution >= 4 is 11.8 Å². The van der Waals surface area contributed by atoms with Crippen LogP contribution >= 0.6 is 11.8 Å². The van der Waals surface area contributed by atoms with Crippen molar-refractivity contribution in [1.82, 2.24) is 14.8 Å². The molecule has 0 aliphatic heterocycles. The molecule has 1 fully saturated rings. The Balaban J connectivity index is 1.72. The fourth-order valence-electron chi connectivity index (χ4n) is 3.58. The largest absolute Gasteiger partial charge is 0.507 e. The van der Waals surface area contributed by atoms with Crippen molar-refractivity contribution in [3.05, 3.63) is 24.3 Å². The summed E-state index contributed by atoms with van der Waals surface area (Å²) in [6, 6.07) is 7.25. The average molecular weight is 378 g/mol. The summed E-state index contributed by atoms with van der Waals surface area (Å²) in [5, 5.41) is 19.7. The Morgan fingerprint density at radius 3 is 2.42 bits per heavy atom. The van der Waals surface area contributed by atoms with Crippen LogP contribution in [0.5, 0.6) is 5.75 Å². The third-order valence-corrected chi connectivity index (χ3v) is 6.21. The molecule has 1 aliphatic carbocycles. The minimum atomic E-state index is 0.226. The highest BCUT2D eigenvalue weighted by Crippen LogP contribution is 2.34. The Kier molecular flexibility index (Phi) is 6.56. The fraction of sp³-hybridized carbons (Fsp3) is 0.579. The summed E-state index contributed by atoms with van der Waals surface area (Å²) in [5.41, 5.74) is 0.713. The zero-order chi connectivity index (χ0) is 18.5. The molecule has 2 aromatic rings. The first kappa shape index (κ1) is 19.2. The molecule has 1 aromatic heterocycles. The van der Waals surface area contributed by atoms with Crippen molar-refractivity contribution < 1.29 is 14.6 Å². The van der Waals surface area contributed by atoms with E-state index in [0.717, 1.165) is 36.7 Å². The minimum Gasteiger partial charge on any atom is -0.507 e. The number of thioether (sulfide) groups is 1. The summed E-state index contributed by atoms with van der Waals surface area (Å²) < 4.78 is 13.2. The monoisotopic (exact) mass is 377 g/mol. The van der Waals surface area contributed by atoms with Gasteiger partial charge >= 0.3 is 0 Å². The van der Waals surface area contributed by atoms with Crippen LogP contribution in [0.2, 0.25) is 0 Å². The molecule has 2 atom stereocenters. The van der Waals surface area contributed by atoms with Crippen LogP contribution in [-0.2, 0) is 16.0 Å². The lowest BCUT2D eigenvalue weighted by Crippen LogP contribution is -2.33. The molecule has 0 bridgehead atoms.